The third-order valence-corrected chi connectivity index (χ3v) is 8.71. The standard InChI is InChI=1S/C33H26N6O4S/c1-37-27-9-4-5-10-30(27)44-31(37)18-21-13-16-38(26-8-3-2-7-24(21)26)15-6-14-34-32(41)25-20-39(36-35-25)28-17-22-11-12-23(40)19-29(22)43-33(28)42/h2-5,7-13,16-20H,6,14-15H2,1H3,(H-,34,40,41,42)/p+1. The summed E-state index contributed by atoms with van der Waals surface area (Å²) in [6.45, 7) is 1.14. The van der Waals surface area contributed by atoms with Gasteiger partial charge in [0.15, 0.2) is 24.1 Å². The Morgan fingerprint density at radius 3 is 2.80 bits per heavy atom. The molecule has 0 saturated heterocycles. The molecule has 0 bridgehead atoms. The van der Waals surface area contributed by atoms with Crippen molar-refractivity contribution in [1.29, 1.82) is 0 Å². The largest absolute Gasteiger partial charge is 0.508 e. The van der Waals surface area contributed by atoms with Gasteiger partial charge in [0.2, 0.25) is 5.52 Å². The fraction of sp³-hybridized carbons (Fsp3) is 0.121. The first kappa shape index (κ1) is 27.4. The van der Waals surface area contributed by atoms with Crippen LogP contribution in [0.5, 0.6) is 5.75 Å². The number of rotatable bonds is 7. The number of phenols is 1. The molecule has 1 aliphatic heterocycles. The molecule has 0 spiro atoms. The molecule has 1 aliphatic rings. The highest BCUT2D eigenvalue weighted by molar-refractivity contribution is 8.03. The number of fused-ring (bicyclic) bond motifs is 3. The summed E-state index contributed by atoms with van der Waals surface area (Å²) in [6, 6.07) is 24.9. The van der Waals surface area contributed by atoms with Crippen molar-refractivity contribution in [2.45, 2.75) is 17.9 Å². The monoisotopic (exact) mass is 603 g/mol. The van der Waals surface area contributed by atoms with Crippen LogP contribution in [0.15, 0.2) is 110 Å². The third kappa shape index (κ3) is 5.18. The lowest BCUT2D eigenvalue weighted by Crippen LogP contribution is -2.36. The van der Waals surface area contributed by atoms with Gasteiger partial charge < -0.3 is 19.7 Å². The molecular formula is C33H27N6O4S+. The molecule has 44 heavy (non-hydrogen) atoms. The van der Waals surface area contributed by atoms with Gasteiger partial charge >= 0.3 is 5.63 Å². The van der Waals surface area contributed by atoms with Crippen LogP contribution in [0, 0.1) is 0 Å². The van der Waals surface area contributed by atoms with Gasteiger partial charge in [0.25, 0.3) is 5.91 Å². The highest BCUT2D eigenvalue weighted by Gasteiger charge is 2.22. The summed E-state index contributed by atoms with van der Waals surface area (Å²) >= 11 is 1.77. The molecule has 3 aromatic heterocycles. The molecule has 218 valence electrons. The zero-order valence-electron chi connectivity index (χ0n) is 23.7. The topological polar surface area (TPSA) is 117 Å². The molecule has 10 nitrogen and oxygen atoms in total. The van der Waals surface area contributed by atoms with Crippen molar-refractivity contribution in [3.63, 3.8) is 0 Å². The molecule has 0 atom stereocenters. The van der Waals surface area contributed by atoms with Gasteiger partial charge in [-0.15, -0.1) is 5.10 Å². The predicted octanol–water partition coefficient (Wildman–Crippen LogP) is 4.88. The van der Waals surface area contributed by atoms with Crippen molar-refractivity contribution >= 4 is 51.3 Å². The Morgan fingerprint density at radius 2 is 1.91 bits per heavy atom. The first-order valence-electron chi connectivity index (χ1n) is 14.1. The van der Waals surface area contributed by atoms with E-state index in [-0.39, 0.29) is 28.6 Å². The lowest BCUT2D eigenvalue weighted by atomic mass is 10.1. The number of para-hydroxylation sites is 2. The number of nitrogens with zero attached hydrogens (tertiary/aromatic N) is 5. The number of hydrogen-bond acceptors (Lipinski definition) is 8. The molecular weight excluding hydrogens is 576 g/mol. The number of benzene rings is 3. The molecule has 0 unspecified atom stereocenters. The molecule has 3 aromatic carbocycles. The van der Waals surface area contributed by atoms with Gasteiger partial charge in [-0.05, 0) is 48.0 Å². The fourth-order valence-corrected chi connectivity index (χ4v) is 6.39. The Balaban J connectivity index is 1.01. The van der Waals surface area contributed by atoms with E-state index in [1.165, 1.54) is 38.6 Å². The van der Waals surface area contributed by atoms with Crippen LogP contribution in [-0.2, 0) is 6.54 Å². The zero-order chi connectivity index (χ0) is 30.2. The maximum atomic E-state index is 12.8. The fourth-order valence-electron chi connectivity index (χ4n) is 5.29. The number of aryl methyl sites for hydroxylation is 1. The van der Waals surface area contributed by atoms with Gasteiger partial charge in [-0.1, -0.05) is 41.2 Å². The van der Waals surface area contributed by atoms with Crippen LogP contribution in [-0.4, -0.2) is 39.6 Å². The van der Waals surface area contributed by atoms with E-state index in [1.54, 1.807) is 23.9 Å². The smallest absolute Gasteiger partial charge is 0.362 e. The Labute approximate surface area is 255 Å². The number of aromatic nitrogens is 4. The minimum Gasteiger partial charge on any atom is -0.508 e. The van der Waals surface area contributed by atoms with Crippen LogP contribution in [0.4, 0.5) is 5.69 Å². The van der Waals surface area contributed by atoms with Crippen molar-refractivity contribution in [3.8, 4) is 11.4 Å². The van der Waals surface area contributed by atoms with E-state index in [2.05, 4.69) is 92.9 Å². The van der Waals surface area contributed by atoms with Gasteiger partial charge in [0.1, 0.15) is 11.3 Å². The minimum atomic E-state index is -0.662. The maximum Gasteiger partial charge on any atom is 0.362 e. The normalized spacial score (nSPS) is 13.6. The molecule has 11 heteroatoms. The van der Waals surface area contributed by atoms with Crippen molar-refractivity contribution < 1.29 is 18.9 Å². The SMILES string of the molecule is CN1C(=Cc2cc[n+](CCCNC(=O)c3cn(-c4cc5ccc(O)cc5oc4=O)nn3)c3ccccc23)Sc2ccccc21. The number of carbonyl (C=O) groups excluding carboxylic acids is 1. The highest BCUT2D eigenvalue weighted by Crippen LogP contribution is 2.45. The zero-order valence-corrected chi connectivity index (χ0v) is 24.5. The van der Waals surface area contributed by atoms with Gasteiger partial charge in [-0.25, -0.2) is 9.48 Å². The molecule has 1 amide bonds. The summed E-state index contributed by atoms with van der Waals surface area (Å²) in [5.74, 6) is -0.394. The van der Waals surface area contributed by atoms with Crippen LogP contribution in [0.2, 0.25) is 0 Å². The van der Waals surface area contributed by atoms with Crippen molar-refractivity contribution in [1.82, 2.24) is 20.3 Å². The number of carbonyl (C=O) groups is 1. The molecule has 0 radical (unpaired) electrons. The van der Waals surface area contributed by atoms with Gasteiger partial charge in [-0.3, -0.25) is 4.79 Å². The summed E-state index contributed by atoms with van der Waals surface area (Å²) in [6.07, 6.45) is 6.41. The minimum absolute atomic E-state index is 0.00695. The second-order valence-corrected chi connectivity index (χ2v) is 11.5. The molecule has 0 aliphatic carbocycles. The summed E-state index contributed by atoms with van der Waals surface area (Å²) in [4.78, 5) is 28.7. The average molecular weight is 604 g/mol. The van der Waals surface area contributed by atoms with Crippen molar-refractivity contribution in [3.05, 3.63) is 118 Å². The van der Waals surface area contributed by atoms with Crippen molar-refractivity contribution in [2.75, 3.05) is 18.5 Å². The van der Waals surface area contributed by atoms with Crippen LogP contribution in [0.3, 0.4) is 0 Å². The summed E-state index contributed by atoms with van der Waals surface area (Å²) in [7, 11) is 2.10. The van der Waals surface area contributed by atoms with Crippen LogP contribution in [0.25, 0.3) is 33.6 Å². The van der Waals surface area contributed by atoms with E-state index in [0.717, 1.165) is 16.5 Å². The highest BCUT2D eigenvalue weighted by atomic mass is 32.2. The molecule has 6 aromatic rings. The van der Waals surface area contributed by atoms with E-state index in [0.29, 0.717) is 24.9 Å². The van der Waals surface area contributed by atoms with Crippen LogP contribution in [0.1, 0.15) is 22.5 Å². The van der Waals surface area contributed by atoms with Gasteiger partial charge in [0.05, 0.1) is 22.3 Å². The summed E-state index contributed by atoms with van der Waals surface area (Å²) < 4.78 is 8.70. The molecule has 2 N–H and O–H groups in total. The quantitative estimate of drug-likeness (QED) is 0.151. The van der Waals surface area contributed by atoms with Crippen molar-refractivity contribution in [2.24, 2.45) is 0 Å². The van der Waals surface area contributed by atoms with Gasteiger partial charge in [0, 0.05) is 48.5 Å². The third-order valence-electron chi connectivity index (χ3n) is 7.54. The van der Waals surface area contributed by atoms with Crippen LogP contribution >= 0.6 is 11.8 Å². The number of nitrogens with one attached hydrogen (secondary N) is 1. The molecule has 7 rings (SSSR count). The van der Waals surface area contributed by atoms with E-state index in [4.69, 9.17) is 4.42 Å². The molecule has 4 heterocycles. The second kappa shape index (κ2) is 11.3. The predicted molar refractivity (Wildman–Crippen MR) is 169 cm³/mol. The first-order chi connectivity index (χ1) is 21.4. The number of hydrogen-bond donors (Lipinski definition) is 2. The Hall–Kier alpha value is -5.42. The lowest BCUT2D eigenvalue weighted by Gasteiger charge is -2.13. The summed E-state index contributed by atoms with van der Waals surface area (Å²) in [5, 5.41) is 23.3. The number of thioether (sulfide) groups is 1. The molecule has 0 saturated carbocycles. The number of phenolic OH excluding ortho intramolecular Hbond substituents is 1. The Bertz CT molecular complexity index is 2150. The number of aromatic hydroxyl groups is 1. The van der Waals surface area contributed by atoms with Crippen LogP contribution < -0.4 is 20.4 Å². The molecule has 0 fully saturated rings. The number of anilines is 1. The van der Waals surface area contributed by atoms with E-state index >= 15 is 0 Å². The van der Waals surface area contributed by atoms with E-state index in [9.17, 15) is 14.7 Å². The number of amides is 1. The van der Waals surface area contributed by atoms with Gasteiger partial charge in [-0.2, -0.15) is 4.57 Å². The maximum absolute atomic E-state index is 12.8. The van der Waals surface area contributed by atoms with E-state index < -0.39 is 5.63 Å². The number of pyridine rings is 1. The summed E-state index contributed by atoms with van der Waals surface area (Å²) in [5.41, 5.74) is 3.26. The average Bonchev–Trinajstić information content (AvgIpc) is 3.65. The Kier molecular flexibility index (Phi) is 7.07. The second-order valence-electron chi connectivity index (χ2n) is 10.4. The Morgan fingerprint density at radius 1 is 1.07 bits per heavy atom. The lowest BCUT2D eigenvalue weighted by molar-refractivity contribution is -0.671. The van der Waals surface area contributed by atoms with E-state index in [1.807, 2.05) is 6.07 Å². The first-order valence-corrected chi connectivity index (χ1v) is 14.9.